The fourth-order valence-electron chi connectivity index (χ4n) is 2.69. The van der Waals surface area contributed by atoms with Gasteiger partial charge in [-0.1, -0.05) is 23.4 Å². The summed E-state index contributed by atoms with van der Waals surface area (Å²) in [4.78, 5) is 16.7. The normalized spacial score (nSPS) is 10.5. The van der Waals surface area contributed by atoms with Crippen molar-refractivity contribution in [2.24, 2.45) is 0 Å². The molecule has 1 heterocycles. The third-order valence-electron chi connectivity index (χ3n) is 3.81. The van der Waals surface area contributed by atoms with Crippen LogP contribution in [0.25, 0.3) is 10.9 Å². The van der Waals surface area contributed by atoms with Crippen molar-refractivity contribution in [1.82, 2.24) is 4.98 Å². The predicted molar refractivity (Wildman–Crippen MR) is 102 cm³/mol. The van der Waals surface area contributed by atoms with Crippen molar-refractivity contribution in [1.29, 1.82) is 5.26 Å². The summed E-state index contributed by atoms with van der Waals surface area (Å²) in [6, 6.07) is 13.6. The summed E-state index contributed by atoms with van der Waals surface area (Å²) in [6.07, 6.45) is 0. The van der Waals surface area contributed by atoms with Gasteiger partial charge in [0.25, 0.3) is 0 Å². The molecule has 0 unspecified atom stereocenters. The number of anilines is 1. The van der Waals surface area contributed by atoms with Gasteiger partial charge in [0.1, 0.15) is 16.9 Å². The summed E-state index contributed by atoms with van der Waals surface area (Å²) < 4.78 is 12.9. The van der Waals surface area contributed by atoms with Gasteiger partial charge in [-0.25, -0.2) is 9.37 Å². The second-order valence-corrected chi connectivity index (χ2v) is 6.91. The van der Waals surface area contributed by atoms with Crippen LogP contribution >= 0.6 is 11.8 Å². The number of carbonyl (C=O) groups is 1. The molecule has 0 fully saturated rings. The number of halogens is 1. The molecule has 3 aromatic rings. The van der Waals surface area contributed by atoms with Gasteiger partial charge in [0.15, 0.2) is 0 Å². The molecule has 26 heavy (non-hydrogen) atoms. The molecule has 4 nitrogen and oxygen atoms in total. The Morgan fingerprint density at radius 1 is 1.23 bits per heavy atom. The summed E-state index contributed by atoms with van der Waals surface area (Å²) in [5.41, 5.74) is 3.94. The maximum Gasteiger partial charge on any atom is 0.234 e. The average molecular weight is 365 g/mol. The minimum absolute atomic E-state index is 0.107. The van der Waals surface area contributed by atoms with Gasteiger partial charge >= 0.3 is 0 Å². The molecule has 2 aromatic carbocycles. The molecule has 0 saturated carbocycles. The zero-order valence-electron chi connectivity index (χ0n) is 14.3. The van der Waals surface area contributed by atoms with Crippen LogP contribution in [0.15, 0.2) is 47.5 Å². The molecule has 3 rings (SSSR count). The largest absolute Gasteiger partial charge is 0.325 e. The number of aromatic nitrogens is 1. The first-order chi connectivity index (χ1) is 12.5. The van der Waals surface area contributed by atoms with E-state index >= 15 is 0 Å². The standard InChI is InChI=1S/C20H16FN3OS/c1-12-7-13(2)19-14(8-12)9-15(10-22)20(24-19)26-11-18(25)23-17-5-3-16(21)4-6-17/h3-9H,11H2,1-2H3,(H,23,25). The Morgan fingerprint density at radius 2 is 1.96 bits per heavy atom. The van der Waals surface area contributed by atoms with E-state index in [2.05, 4.69) is 16.4 Å². The maximum absolute atomic E-state index is 12.9. The molecule has 0 aliphatic carbocycles. The van der Waals surface area contributed by atoms with Crippen molar-refractivity contribution in [2.75, 3.05) is 11.1 Å². The van der Waals surface area contributed by atoms with Crippen molar-refractivity contribution in [3.8, 4) is 6.07 Å². The molecular formula is C20H16FN3OS. The van der Waals surface area contributed by atoms with Crippen molar-refractivity contribution < 1.29 is 9.18 Å². The predicted octanol–water partition coefficient (Wildman–Crippen LogP) is 4.59. The summed E-state index contributed by atoms with van der Waals surface area (Å²) in [6.45, 7) is 3.98. The summed E-state index contributed by atoms with van der Waals surface area (Å²) in [7, 11) is 0. The summed E-state index contributed by atoms with van der Waals surface area (Å²) in [5, 5.41) is 13.5. The summed E-state index contributed by atoms with van der Waals surface area (Å²) >= 11 is 1.21. The Hall–Kier alpha value is -2.91. The van der Waals surface area contributed by atoms with Crippen LogP contribution in [0.5, 0.6) is 0 Å². The number of carbonyl (C=O) groups excluding carboxylic acids is 1. The minimum Gasteiger partial charge on any atom is -0.325 e. The van der Waals surface area contributed by atoms with Crippen LogP contribution in [0, 0.1) is 31.0 Å². The molecular weight excluding hydrogens is 349 g/mol. The molecule has 0 radical (unpaired) electrons. The Balaban J connectivity index is 1.78. The molecule has 1 aromatic heterocycles. The van der Waals surface area contributed by atoms with Crippen molar-refractivity contribution >= 4 is 34.3 Å². The van der Waals surface area contributed by atoms with E-state index in [0.717, 1.165) is 22.0 Å². The zero-order valence-corrected chi connectivity index (χ0v) is 15.2. The molecule has 130 valence electrons. The van der Waals surface area contributed by atoms with Gasteiger partial charge in [-0.05, 0) is 55.8 Å². The van der Waals surface area contributed by atoms with Gasteiger partial charge < -0.3 is 5.32 Å². The second-order valence-electron chi connectivity index (χ2n) is 5.95. The van der Waals surface area contributed by atoms with Gasteiger partial charge in [-0.2, -0.15) is 5.26 Å². The monoisotopic (exact) mass is 365 g/mol. The summed E-state index contributed by atoms with van der Waals surface area (Å²) in [5.74, 6) is -0.495. The third-order valence-corrected chi connectivity index (χ3v) is 4.80. The van der Waals surface area contributed by atoms with Crippen LogP contribution in [-0.2, 0) is 4.79 Å². The Bertz CT molecular complexity index is 1030. The number of pyridine rings is 1. The van der Waals surface area contributed by atoms with Gasteiger partial charge in [0.2, 0.25) is 5.91 Å². The van der Waals surface area contributed by atoms with Crippen LogP contribution in [0.2, 0.25) is 0 Å². The number of amides is 1. The first kappa shape index (κ1) is 17.9. The molecule has 0 saturated heterocycles. The van der Waals surface area contributed by atoms with Crippen molar-refractivity contribution in [3.05, 3.63) is 65.0 Å². The first-order valence-electron chi connectivity index (χ1n) is 7.96. The fraction of sp³-hybridized carbons (Fsp3) is 0.150. The van der Waals surface area contributed by atoms with Gasteiger partial charge in [-0.3, -0.25) is 4.79 Å². The van der Waals surface area contributed by atoms with Crippen LogP contribution in [0.1, 0.15) is 16.7 Å². The van der Waals surface area contributed by atoms with E-state index in [4.69, 9.17) is 0 Å². The lowest BCUT2D eigenvalue weighted by Gasteiger charge is -2.09. The highest BCUT2D eigenvalue weighted by Gasteiger charge is 2.12. The Morgan fingerprint density at radius 3 is 2.65 bits per heavy atom. The third kappa shape index (κ3) is 4.01. The minimum atomic E-state index is -0.359. The number of hydrogen-bond donors (Lipinski definition) is 1. The second kappa shape index (κ2) is 7.54. The molecule has 0 aliphatic rings. The van der Waals surface area contributed by atoms with Gasteiger partial charge in [-0.15, -0.1) is 0 Å². The van der Waals surface area contributed by atoms with E-state index in [9.17, 15) is 14.4 Å². The highest BCUT2D eigenvalue weighted by molar-refractivity contribution is 8.00. The molecule has 0 bridgehead atoms. The molecule has 0 atom stereocenters. The van der Waals surface area contributed by atoms with E-state index in [-0.39, 0.29) is 17.5 Å². The molecule has 6 heteroatoms. The van der Waals surface area contributed by atoms with Crippen LogP contribution < -0.4 is 5.32 Å². The van der Waals surface area contributed by atoms with Crippen LogP contribution in [-0.4, -0.2) is 16.6 Å². The van der Waals surface area contributed by atoms with Crippen molar-refractivity contribution in [3.63, 3.8) is 0 Å². The van der Waals surface area contributed by atoms with E-state index in [1.807, 2.05) is 32.0 Å². The topological polar surface area (TPSA) is 65.8 Å². The lowest BCUT2D eigenvalue weighted by molar-refractivity contribution is -0.113. The molecule has 0 aliphatic heterocycles. The number of aryl methyl sites for hydroxylation is 2. The van der Waals surface area contributed by atoms with E-state index in [1.165, 1.54) is 36.0 Å². The fourth-order valence-corrected chi connectivity index (χ4v) is 3.44. The van der Waals surface area contributed by atoms with E-state index in [0.29, 0.717) is 16.3 Å². The number of rotatable bonds is 4. The average Bonchev–Trinajstić information content (AvgIpc) is 2.61. The van der Waals surface area contributed by atoms with Gasteiger partial charge in [0, 0.05) is 11.1 Å². The number of nitrogens with zero attached hydrogens (tertiary/aromatic N) is 2. The van der Waals surface area contributed by atoms with E-state index in [1.54, 1.807) is 0 Å². The number of benzene rings is 2. The number of nitrogens with one attached hydrogen (secondary N) is 1. The maximum atomic E-state index is 12.9. The zero-order chi connectivity index (χ0) is 18.7. The Kier molecular flexibility index (Phi) is 5.19. The first-order valence-corrected chi connectivity index (χ1v) is 8.95. The van der Waals surface area contributed by atoms with Crippen LogP contribution in [0.4, 0.5) is 10.1 Å². The highest BCUT2D eigenvalue weighted by Crippen LogP contribution is 2.27. The Labute approximate surface area is 155 Å². The van der Waals surface area contributed by atoms with Gasteiger partial charge in [0.05, 0.1) is 16.8 Å². The number of hydrogen-bond acceptors (Lipinski definition) is 4. The molecule has 1 amide bonds. The number of nitriles is 1. The molecule has 0 spiro atoms. The number of fused-ring (bicyclic) bond motifs is 1. The number of thioether (sulfide) groups is 1. The molecule has 1 N–H and O–H groups in total. The van der Waals surface area contributed by atoms with E-state index < -0.39 is 0 Å². The lowest BCUT2D eigenvalue weighted by atomic mass is 10.1. The van der Waals surface area contributed by atoms with Crippen molar-refractivity contribution in [2.45, 2.75) is 18.9 Å². The quantitative estimate of drug-likeness (QED) is 0.687. The highest BCUT2D eigenvalue weighted by atomic mass is 32.2. The SMILES string of the molecule is Cc1cc(C)c2nc(SCC(=O)Nc3ccc(F)cc3)c(C#N)cc2c1. The van der Waals surface area contributed by atoms with Crippen LogP contribution in [0.3, 0.4) is 0 Å². The lowest BCUT2D eigenvalue weighted by Crippen LogP contribution is -2.14. The smallest absolute Gasteiger partial charge is 0.234 e.